The summed E-state index contributed by atoms with van der Waals surface area (Å²) in [6.07, 6.45) is 4.42. The van der Waals surface area contributed by atoms with Crippen LogP contribution in [-0.2, 0) is 6.42 Å². The molecule has 0 saturated carbocycles. The molecule has 2 aromatic rings. The first-order valence-corrected chi connectivity index (χ1v) is 6.06. The van der Waals surface area contributed by atoms with Gasteiger partial charge in [-0.1, -0.05) is 13.8 Å². The van der Waals surface area contributed by atoms with Crippen LogP contribution in [-0.4, -0.2) is 25.5 Å². The van der Waals surface area contributed by atoms with Crippen molar-refractivity contribution in [2.45, 2.75) is 26.2 Å². The van der Waals surface area contributed by atoms with Crippen LogP contribution in [0, 0.1) is 0 Å². The Morgan fingerprint density at radius 3 is 2.94 bits per heavy atom. The van der Waals surface area contributed by atoms with E-state index in [-0.39, 0.29) is 0 Å². The van der Waals surface area contributed by atoms with E-state index in [0.29, 0.717) is 12.5 Å². The fourth-order valence-electron chi connectivity index (χ4n) is 1.38. The fourth-order valence-corrected chi connectivity index (χ4v) is 2.20. The number of nitrogens with two attached hydrogens (primary N) is 1. The monoisotopic (exact) mass is 237 g/mol. The molecule has 2 rings (SSSR count). The van der Waals surface area contributed by atoms with Gasteiger partial charge in [0.15, 0.2) is 0 Å². The number of rotatable bonds is 4. The van der Waals surface area contributed by atoms with Crippen LogP contribution in [0.2, 0.25) is 0 Å². The van der Waals surface area contributed by atoms with Crippen LogP contribution in [0.15, 0.2) is 12.4 Å². The molecule has 0 aliphatic carbocycles. The van der Waals surface area contributed by atoms with Gasteiger partial charge in [0.05, 0.1) is 0 Å². The Labute approximate surface area is 98.5 Å². The molecule has 5 nitrogen and oxygen atoms in total. The Morgan fingerprint density at radius 2 is 2.31 bits per heavy atom. The zero-order valence-corrected chi connectivity index (χ0v) is 10.2. The molecule has 0 saturated heterocycles. The maximum Gasteiger partial charge on any atom is 0.214 e. The molecular formula is C10H15N5S. The van der Waals surface area contributed by atoms with Gasteiger partial charge in [0.25, 0.3) is 0 Å². The fraction of sp³-hybridized carbons (Fsp3) is 0.500. The maximum atomic E-state index is 5.53. The zero-order valence-electron chi connectivity index (χ0n) is 9.42. The van der Waals surface area contributed by atoms with Crippen LogP contribution in [0.1, 0.15) is 31.4 Å². The molecule has 0 unspecified atom stereocenters. The quantitative estimate of drug-likeness (QED) is 0.871. The third-order valence-corrected chi connectivity index (χ3v) is 2.97. The molecule has 2 heterocycles. The van der Waals surface area contributed by atoms with E-state index >= 15 is 0 Å². The van der Waals surface area contributed by atoms with Crippen LogP contribution < -0.4 is 5.73 Å². The predicted molar refractivity (Wildman–Crippen MR) is 63.9 cm³/mol. The second kappa shape index (κ2) is 4.71. The molecule has 0 fully saturated rings. The number of imidazole rings is 1. The van der Waals surface area contributed by atoms with Crippen LogP contribution in [0.25, 0.3) is 5.13 Å². The Balaban J connectivity index is 2.31. The SMILES string of the molecule is CC(C)c1nsc(-n2ccnc2CCN)n1. The van der Waals surface area contributed by atoms with Gasteiger partial charge >= 0.3 is 0 Å². The predicted octanol–water partition coefficient (Wildman–Crippen LogP) is 1.35. The van der Waals surface area contributed by atoms with Crippen molar-refractivity contribution in [1.82, 2.24) is 18.9 Å². The molecule has 2 aromatic heterocycles. The minimum Gasteiger partial charge on any atom is -0.330 e. The lowest BCUT2D eigenvalue weighted by Gasteiger charge is -2.01. The van der Waals surface area contributed by atoms with Crippen LogP contribution in [0.4, 0.5) is 0 Å². The number of hydrogen-bond acceptors (Lipinski definition) is 5. The highest BCUT2D eigenvalue weighted by molar-refractivity contribution is 7.08. The molecule has 16 heavy (non-hydrogen) atoms. The minimum absolute atomic E-state index is 0.353. The molecule has 2 N–H and O–H groups in total. The smallest absolute Gasteiger partial charge is 0.214 e. The second-order valence-electron chi connectivity index (χ2n) is 3.84. The zero-order chi connectivity index (χ0) is 11.5. The maximum absolute atomic E-state index is 5.53. The Hall–Kier alpha value is -1.27. The van der Waals surface area contributed by atoms with Gasteiger partial charge in [0.2, 0.25) is 5.13 Å². The summed E-state index contributed by atoms with van der Waals surface area (Å²) < 4.78 is 6.28. The molecule has 0 atom stereocenters. The average molecular weight is 237 g/mol. The van der Waals surface area contributed by atoms with E-state index in [1.807, 2.05) is 10.8 Å². The topological polar surface area (TPSA) is 69.6 Å². The van der Waals surface area contributed by atoms with Gasteiger partial charge in [-0.25, -0.2) is 9.97 Å². The first-order valence-electron chi connectivity index (χ1n) is 5.28. The Kier molecular flexibility index (Phi) is 3.31. The number of hydrogen-bond donors (Lipinski definition) is 1. The first-order chi connectivity index (χ1) is 7.72. The van der Waals surface area contributed by atoms with Gasteiger partial charge < -0.3 is 5.73 Å². The van der Waals surface area contributed by atoms with E-state index in [1.54, 1.807) is 6.20 Å². The van der Waals surface area contributed by atoms with Crippen molar-refractivity contribution in [3.8, 4) is 5.13 Å². The molecule has 0 aromatic carbocycles. The lowest BCUT2D eigenvalue weighted by molar-refractivity contribution is 0.782. The van der Waals surface area contributed by atoms with Crippen LogP contribution >= 0.6 is 11.5 Å². The van der Waals surface area contributed by atoms with Crippen molar-refractivity contribution in [2.75, 3.05) is 6.54 Å². The van der Waals surface area contributed by atoms with Crippen molar-refractivity contribution in [3.05, 3.63) is 24.0 Å². The molecule has 0 amide bonds. The summed E-state index contributed by atoms with van der Waals surface area (Å²) >= 11 is 1.40. The van der Waals surface area contributed by atoms with Gasteiger partial charge in [-0.3, -0.25) is 4.57 Å². The van der Waals surface area contributed by atoms with Crippen LogP contribution in [0.5, 0.6) is 0 Å². The number of aromatic nitrogens is 4. The highest BCUT2D eigenvalue weighted by Crippen LogP contribution is 2.18. The highest BCUT2D eigenvalue weighted by Gasteiger charge is 2.11. The standard InChI is InChI=1S/C10H15N5S/c1-7(2)9-13-10(16-14-9)15-6-5-12-8(15)3-4-11/h5-7H,3-4,11H2,1-2H3. The van der Waals surface area contributed by atoms with Gasteiger partial charge in [-0.2, -0.15) is 4.37 Å². The molecule has 0 bridgehead atoms. The lowest BCUT2D eigenvalue weighted by Crippen LogP contribution is -2.08. The first kappa shape index (κ1) is 11.2. The van der Waals surface area contributed by atoms with E-state index in [1.165, 1.54) is 11.5 Å². The van der Waals surface area contributed by atoms with Gasteiger partial charge in [-0.15, -0.1) is 0 Å². The van der Waals surface area contributed by atoms with E-state index in [0.717, 1.165) is 23.2 Å². The summed E-state index contributed by atoms with van der Waals surface area (Å²) in [6.45, 7) is 4.76. The van der Waals surface area contributed by atoms with Gasteiger partial charge in [0, 0.05) is 36.3 Å². The van der Waals surface area contributed by atoms with Crippen LogP contribution in [0.3, 0.4) is 0 Å². The number of nitrogens with zero attached hydrogens (tertiary/aromatic N) is 4. The average Bonchev–Trinajstić information content (AvgIpc) is 2.84. The minimum atomic E-state index is 0.353. The largest absolute Gasteiger partial charge is 0.330 e. The third kappa shape index (κ3) is 2.12. The Morgan fingerprint density at radius 1 is 1.50 bits per heavy atom. The molecule has 0 aliphatic heterocycles. The Bertz CT molecular complexity index is 459. The van der Waals surface area contributed by atoms with Gasteiger partial charge in [0.1, 0.15) is 11.6 Å². The summed E-state index contributed by atoms with van der Waals surface area (Å²) in [7, 11) is 0. The second-order valence-corrected chi connectivity index (χ2v) is 4.57. The normalized spacial score (nSPS) is 11.2. The van der Waals surface area contributed by atoms with Crippen molar-refractivity contribution in [3.63, 3.8) is 0 Å². The van der Waals surface area contributed by atoms with Crippen molar-refractivity contribution in [1.29, 1.82) is 0 Å². The summed E-state index contributed by atoms with van der Waals surface area (Å²) in [6, 6.07) is 0. The molecule has 0 spiro atoms. The lowest BCUT2D eigenvalue weighted by atomic mass is 10.2. The third-order valence-electron chi connectivity index (χ3n) is 2.24. The molecule has 0 radical (unpaired) electrons. The van der Waals surface area contributed by atoms with E-state index in [9.17, 15) is 0 Å². The van der Waals surface area contributed by atoms with Crippen molar-refractivity contribution in [2.24, 2.45) is 5.73 Å². The molecule has 6 heteroatoms. The summed E-state index contributed by atoms with van der Waals surface area (Å²) in [5, 5.41) is 0.865. The molecule has 0 aliphatic rings. The summed E-state index contributed by atoms with van der Waals surface area (Å²) in [5.41, 5.74) is 5.53. The molecule has 86 valence electrons. The van der Waals surface area contributed by atoms with E-state index in [2.05, 4.69) is 28.2 Å². The van der Waals surface area contributed by atoms with E-state index < -0.39 is 0 Å². The van der Waals surface area contributed by atoms with Crippen molar-refractivity contribution >= 4 is 11.5 Å². The highest BCUT2D eigenvalue weighted by atomic mass is 32.1. The summed E-state index contributed by atoms with van der Waals surface area (Å²) in [5.74, 6) is 2.17. The molecular weight excluding hydrogens is 222 g/mol. The van der Waals surface area contributed by atoms with Gasteiger partial charge in [-0.05, 0) is 6.54 Å². The van der Waals surface area contributed by atoms with E-state index in [4.69, 9.17) is 5.73 Å². The van der Waals surface area contributed by atoms with Crippen molar-refractivity contribution < 1.29 is 0 Å². The summed E-state index contributed by atoms with van der Waals surface area (Å²) in [4.78, 5) is 8.74.